The van der Waals surface area contributed by atoms with Crippen LogP contribution in [-0.4, -0.2) is 51.2 Å². The van der Waals surface area contributed by atoms with Crippen molar-refractivity contribution in [1.29, 1.82) is 0 Å². The predicted molar refractivity (Wildman–Crippen MR) is 122 cm³/mol. The summed E-state index contributed by atoms with van der Waals surface area (Å²) >= 11 is 0. The molecule has 0 saturated carbocycles. The number of carbonyl (C=O) groups is 2. The summed E-state index contributed by atoms with van der Waals surface area (Å²) in [5.74, 6) is -1.24. The number of rotatable bonds is 6. The monoisotopic (exact) mass is 456 g/mol. The van der Waals surface area contributed by atoms with E-state index >= 15 is 0 Å². The lowest BCUT2D eigenvalue weighted by molar-refractivity contribution is -0.136. The first-order valence-electron chi connectivity index (χ1n) is 10.2. The molecule has 9 nitrogen and oxygen atoms in total. The van der Waals surface area contributed by atoms with Gasteiger partial charge in [-0.05, 0) is 42.7 Å². The minimum absolute atomic E-state index is 0.0829. The molecule has 0 atom stereocenters. The lowest BCUT2D eigenvalue weighted by Crippen LogP contribution is -2.36. The van der Waals surface area contributed by atoms with Crippen LogP contribution in [0.3, 0.4) is 0 Å². The fourth-order valence-electron chi connectivity index (χ4n) is 3.79. The first-order chi connectivity index (χ1) is 15.4. The number of aromatic amines is 1. The molecule has 1 aliphatic heterocycles. The number of nitrogens with one attached hydrogen (secondary N) is 3. The van der Waals surface area contributed by atoms with E-state index in [0.29, 0.717) is 30.8 Å². The van der Waals surface area contributed by atoms with Gasteiger partial charge >= 0.3 is 11.8 Å². The Bertz CT molecular complexity index is 1270. The number of methoxy groups -OCH3 is 1. The maximum Gasteiger partial charge on any atom is 0.313 e. The molecule has 168 valence electrons. The summed E-state index contributed by atoms with van der Waals surface area (Å²) in [7, 11) is -1.94. The fourth-order valence-corrected chi connectivity index (χ4v) is 5.34. The molecular weight excluding hydrogens is 432 g/mol. The Morgan fingerprint density at radius 3 is 2.72 bits per heavy atom. The summed E-state index contributed by atoms with van der Waals surface area (Å²) in [6.07, 6.45) is 2.99. The van der Waals surface area contributed by atoms with Crippen molar-refractivity contribution in [3.05, 3.63) is 54.2 Å². The molecule has 2 amide bonds. The molecule has 2 aromatic carbocycles. The van der Waals surface area contributed by atoms with Gasteiger partial charge in [0.05, 0.1) is 24.2 Å². The van der Waals surface area contributed by atoms with E-state index in [0.717, 1.165) is 16.5 Å². The number of sulfonamides is 1. The molecule has 4 rings (SSSR count). The average Bonchev–Trinajstić information content (AvgIpc) is 3.36. The Labute approximate surface area is 185 Å². The van der Waals surface area contributed by atoms with Crippen LogP contribution in [0, 0.1) is 0 Å². The Morgan fingerprint density at radius 2 is 1.97 bits per heavy atom. The molecule has 3 aromatic rings. The highest BCUT2D eigenvalue weighted by atomic mass is 32.2. The summed E-state index contributed by atoms with van der Waals surface area (Å²) in [5.41, 5.74) is 2.70. The van der Waals surface area contributed by atoms with Gasteiger partial charge in [0.15, 0.2) is 0 Å². The van der Waals surface area contributed by atoms with Gasteiger partial charge in [0, 0.05) is 30.2 Å². The summed E-state index contributed by atoms with van der Waals surface area (Å²) < 4.78 is 30.9. The van der Waals surface area contributed by atoms with E-state index in [-0.39, 0.29) is 18.0 Å². The maximum atomic E-state index is 12.4. The second kappa shape index (κ2) is 8.91. The molecule has 0 bridgehead atoms. The largest absolute Gasteiger partial charge is 0.495 e. The van der Waals surface area contributed by atoms with Crippen LogP contribution in [0.2, 0.25) is 0 Å². The SMILES string of the molecule is COc1ccc(N2CCCS2(=O)=O)cc1NC(=O)C(=O)NCCc1c[nH]c2ccccc12. The molecular formula is C22H24N4O5S. The van der Waals surface area contributed by atoms with E-state index < -0.39 is 21.8 Å². The highest BCUT2D eigenvalue weighted by Crippen LogP contribution is 2.32. The molecule has 0 aliphatic carbocycles. The Morgan fingerprint density at radius 1 is 1.16 bits per heavy atom. The van der Waals surface area contributed by atoms with E-state index in [1.54, 1.807) is 12.1 Å². The zero-order chi connectivity index (χ0) is 22.7. The van der Waals surface area contributed by atoms with Crippen molar-refractivity contribution >= 4 is 44.1 Å². The molecule has 1 saturated heterocycles. The van der Waals surface area contributed by atoms with Crippen LogP contribution in [0.25, 0.3) is 10.9 Å². The normalized spacial score (nSPS) is 15.0. The quantitative estimate of drug-likeness (QED) is 0.490. The van der Waals surface area contributed by atoms with Gasteiger partial charge in [0.1, 0.15) is 5.75 Å². The lowest BCUT2D eigenvalue weighted by atomic mass is 10.1. The average molecular weight is 457 g/mol. The highest BCUT2D eigenvalue weighted by molar-refractivity contribution is 7.93. The van der Waals surface area contributed by atoms with Gasteiger partial charge in [-0.25, -0.2) is 8.42 Å². The number of carbonyl (C=O) groups excluding carboxylic acids is 2. The van der Waals surface area contributed by atoms with Crippen molar-refractivity contribution in [2.45, 2.75) is 12.8 Å². The maximum absolute atomic E-state index is 12.4. The van der Waals surface area contributed by atoms with Crippen LogP contribution in [0.5, 0.6) is 5.75 Å². The number of hydrogen-bond acceptors (Lipinski definition) is 5. The van der Waals surface area contributed by atoms with Crippen LogP contribution < -0.4 is 19.7 Å². The minimum Gasteiger partial charge on any atom is -0.495 e. The Hall–Kier alpha value is -3.53. The van der Waals surface area contributed by atoms with Crippen molar-refractivity contribution in [2.75, 3.05) is 35.6 Å². The van der Waals surface area contributed by atoms with Gasteiger partial charge in [-0.2, -0.15) is 0 Å². The van der Waals surface area contributed by atoms with E-state index in [9.17, 15) is 18.0 Å². The van der Waals surface area contributed by atoms with Gasteiger partial charge in [-0.1, -0.05) is 18.2 Å². The topological polar surface area (TPSA) is 121 Å². The Kier molecular flexibility index (Phi) is 6.04. The summed E-state index contributed by atoms with van der Waals surface area (Å²) in [6.45, 7) is 0.660. The molecule has 0 unspecified atom stereocenters. The molecule has 10 heteroatoms. The van der Waals surface area contributed by atoms with Crippen molar-refractivity contribution in [1.82, 2.24) is 10.3 Å². The summed E-state index contributed by atoms with van der Waals surface area (Å²) in [6, 6.07) is 12.5. The zero-order valence-corrected chi connectivity index (χ0v) is 18.4. The molecule has 3 N–H and O–H groups in total. The third kappa shape index (κ3) is 4.40. The molecule has 32 heavy (non-hydrogen) atoms. The number of fused-ring (bicyclic) bond motifs is 1. The summed E-state index contributed by atoms with van der Waals surface area (Å²) in [5, 5.41) is 6.21. The third-order valence-corrected chi connectivity index (χ3v) is 7.25. The van der Waals surface area contributed by atoms with Crippen LogP contribution >= 0.6 is 0 Å². The number of benzene rings is 2. The molecule has 1 fully saturated rings. The number of hydrogen-bond donors (Lipinski definition) is 3. The molecule has 0 spiro atoms. The van der Waals surface area contributed by atoms with Gasteiger partial charge in [0.2, 0.25) is 10.0 Å². The summed E-state index contributed by atoms with van der Waals surface area (Å²) in [4.78, 5) is 27.9. The number of para-hydroxylation sites is 1. The fraction of sp³-hybridized carbons (Fsp3) is 0.273. The van der Waals surface area contributed by atoms with E-state index in [4.69, 9.17) is 4.74 Å². The van der Waals surface area contributed by atoms with Crippen LogP contribution in [-0.2, 0) is 26.0 Å². The van der Waals surface area contributed by atoms with Crippen molar-refractivity contribution < 1.29 is 22.7 Å². The van der Waals surface area contributed by atoms with Gasteiger partial charge < -0.3 is 20.4 Å². The number of aromatic nitrogens is 1. The van der Waals surface area contributed by atoms with Gasteiger partial charge in [0.25, 0.3) is 0 Å². The number of ether oxygens (including phenoxy) is 1. The third-order valence-electron chi connectivity index (χ3n) is 5.38. The molecule has 1 aliphatic rings. The highest BCUT2D eigenvalue weighted by Gasteiger charge is 2.29. The lowest BCUT2D eigenvalue weighted by Gasteiger charge is -2.19. The van der Waals surface area contributed by atoms with Gasteiger partial charge in [-0.3, -0.25) is 13.9 Å². The molecule has 2 heterocycles. The van der Waals surface area contributed by atoms with Crippen LogP contribution in [0.15, 0.2) is 48.7 Å². The van der Waals surface area contributed by atoms with Crippen LogP contribution in [0.1, 0.15) is 12.0 Å². The Balaban J connectivity index is 1.40. The second-order valence-corrected chi connectivity index (χ2v) is 9.46. The first-order valence-corrected chi connectivity index (χ1v) is 11.8. The second-order valence-electron chi connectivity index (χ2n) is 7.45. The van der Waals surface area contributed by atoms with E-state index in [1.165, 1.54) is 17.5 Å². The van der Waals surface area contributed by atoms with E-state index in [1.807, 2.05) is 30.5 Å². The van der Waals surface area contributed by atoms with Crippen molar-refractivity contribution in [3.8, 4) is 5.75 Å². The minimum atomic E-state index is -3.37. The first kappa shape index (κ1) is 21.7. The van der Waals surface area contributed by atoms with Crippen molar-refractivity contribution in [3.63, 3.8) is 0 Å². The van der Waals surface area contributed by atoms with Gasteiger partial charge in [-0.15, -0.1) is 0 Å². The number of anilines is 2. The number of amides is 2. The predicted octanol–water partition coefficient (Wildman–Crippen LogP) is 2.01. The van der Waals surface area contributed by atoms with Crippen molar-refractivity contribution in [2.24, 2.45) is 0 Å². The zero-order valence-electron chi connectivity index (χ0n) is 17.6. The van der Waals surface area contributed by atoms with E-state index in [2.05, 4.69) is 15.6 Å². The molecule has 1 aromatic heterocycles. The van der Waals surface area contributed by atoms with Crippen LogP contribution in [0.4, 0.5) is 11.4 Å². The number of H-pyrrole nitrogens is 1. The number of nitrogens with zero attached hydrogens (tertiary/aromatic N) is 1. The molecule has 0 radical (unpaired) electrons. The standard InChI is InChI=1S/C22H24N4O5S/c1-31-20-8-7-16(26-11-4-12-32(26,29)30)13-19(20)25-22(28)21(27)23-10-9-15-14-24-18-6-3-2-5-17(15)18/h2-3,5-8,13-14,24H,4,9-12H2,1H3,(H,23,27)(H,25,28). The smallest absolute Gasteiger partial charge is 0.313 e.